The van der Waals surface area contributed by atoms with Gasteiger partial charge in [-0.25, -0.2) is 8.42 Å². The van der Waals surface area contributed by atoms with Crippen LogP contribution in [-0.2, 0) is 19.4 Å². The summed E-state index contributed by atoms with van der Waals surface area (Å²) in [7, 11) is -3.23. The lowest BCUT2D eigenvalue weighted by molar-refractivity contribution is -0.123. The Labute approximate surface area is 117 Å². The maximum atomic E-state index is 11.9. The smallest absolute Gasteiger partial charge is 0.229 e. The standard InChI is InChI=1S/C13H16N2O4S/c1-2-20(18,19)11-5-3-10(4-6-11)15-13(17)9-7-12(16)14-8-9/h3-6,9H,2,7-8H2,1H3,(H,14,16)(H,15,17). The predicted octanol–water partition coefficient (Wildman–Crippen LogP) is 0.555. The van der Waals surface area contributed by atoms with E-state index in [9.17, 15) is 18.0 Å². The van der Waals surface area contributed by atoms with Crippen molar-refractivity contribution in [2.75, 3.05) is 17.6 Å². The largest absolute Gasteiger partial charge is 0.355 e. The third kappa shape index (κ3) is 3.16. The van der Waals surface area contributed by atoms with Crippen LogP contribution in [0.5, 0.6) is 0 Å². The molecule has 6 nitrogen and oxygen atoms in total. The summed E-state index contributed by atoms with van der Waals surface area (Å²) in [5.41, 5.74) is 0.518. The Balaban J connectivity index is 2.04. The zero-order valence-corrected chi connectivity index (χ0v) is 11.9. The molecule has 1 fully saturated rings. The van der Waals surface area contributed by atoms with E-state index in [1.54, 1.807) is 19.1 Å². The van der Waals surface area contributed by atoms with E-state index in [-0.39, 0.29) is 34.8 Å². The Morgan fingerprint density at radius 2 is 2.00 bits per heavy atom. The molecule has 0 saturated carbocycles. The number of nitrogens with one attached hydrogen (secondary N) is 2. The fourth-order valence-electron chi connectivity index (χ4n) is 1.95. The molecule has 1 atom stereocenters. The molecule has 2 rings (SSSR count). The molecule has 1 heterocycles. The number of sulfone groups is 1. The van der Waals surface area contributed by atoms with E-state index in [0.717, 1.165) is 0 Å². The first-order chi connectivity index (χ1) is 9.42. The zero-order chi connectivity index (χ0) is 14.8. The van der Waals surface area contributed by atoms with Crippen LogP contribution in [0.3, 0.4) is 0 Å². The zero-order valence-electron chi connectivity index (χ0n) is 11.0. The molecule has 0 bridgehead atoms. The maximum Gasteiger partial charge on any atom is 0.229 e. The molecule has 1 aromatic carbocycles. The second kappa shape index (κ2) is 5.62. The van der Waals surface area contributed by atoms with Gasteiger partial charge in [-0.2, -0.15) is 0 Å². The van der Waals surface area contributed by atoms with Crippen molar-refractivity contribution < 1.29 is 18.0 Å². The van der Waals surface area contributed by atoms with Gasteiger partial charge in [0, 0.05) is 18.7 Å². The summed E-state index contributed by atoms with van der Waals surface area (Å²) in [5, 5.41) is 5.27. The molecule has 1 aliphatic rings. The van der Waals surface area contributed by atoms with Crippen molar-refractivity contribution >= 4 is 27.3 Å². The number of hydrogen-bond acceptors (Lipinski definition) is 4. The molecule has 1 aromatic rings. The van der Waals surface area contributed by atoms with E-state index in [4.69, 9.17) is 0 Å². The quantitative estimate of drug-likeness (QED) is 0.849. The molecular weight excluding hydrogens is 280 g/mol. The highest BCUT2D eigenvalue weighted by Crippen LogP contribution is 2.17. The van der Waals surface area contributed by atoms with Crippen LogP contribution in [0.4, 0.5) is 5.69 Å². The third-order valence-electron chi connectivity index (χ3n) is 3.21. The monoisotopic (exact) mass is 296 g/mol. The molecule has 0 spiro atoms. The Bertz CT molecular complexity index is 622. The Morgan fingerprint density at radius 1 is 1.35 bits per heavy atom. The van der Waals surface area contributed by atoms with Crippen molar-refractivity contribution in [3.63, 3.8) is 0 Å². The van der Waals surface area contributed by atoms with Gasteiger partial charge in [-0.1, -0.05) is 6.92 Å². The lowest BCUT2D eigenvalue weighted by Gasteiger charge is -2.09. The molecule has 20 heavy (non-hydrogen) atoms. The molecule has 1 aliphatic heterocycles. The van der Waals surface area contributed by atoms with Gasteiger partial charge in [-0.15, -0.1) is 0 Å². The Hall–Kier alpha value is -1.89. The second-order valence-corrected chi connectivity index (χ2v) is 6.90. The van der Waals surface area contributed by atoms with Gasteiger partial charge in [0.15, 0.2) is 9.84 Å². The Kier molecular flexibility index (Phi) is 4.08. The number of amides is 2. The van der Waals surface area contributed by atoms with Crippen LogP contribution in [0.2, 0.25) is 0 Å². The average molecular weight is 296 g/mol. The van der Waals surface area contributed by atoms with E-state index in [2.05, 4.69) is 10.6 Å². The van der Waals surface area contributed by atoms with E-state index in [0.29, 0.717) is 12.2 Å². The highest BCUT2D eigenvalue weighted by Gasteiger charge is 2.27. The molecule has 1 unspecified atom stereocenters. The summed E-state index contributed by atoms with van der Waals surface area (Å²) >= 11 is 0. The van der Waals surface area contributed by atoms with Crippen molar-refractivity contribution in [3.8, 4) is 0 Å². The van der Waals surface area contributed by atoms with Crippen LogP contribution in [0.15, 0.2) is 29.2 Å². The van der Waals surface area contributed by atoms with Crippen LogP contribution in [0.25, 0.3) is 0 Å². The second-order valence-electron chi connectivity index (χ2n) is 4.62. The first kappa shape index (κ1) is 14.5. The van der Waals surface area contributed by atoms with Crippen LogP contribution in [0.1, 0.15) is 13.3 Å². The average Bonchev–Trinajstić information content (AvgIpc) is 2.86. The highest BCUT2D eigenvalue weighted by atomic mass is 32.2. The van der Waals surface area contributed by atoms with Crippen LogP contribution < -0.4 is 10.6 Å². The molecular formula is C13H16N2O4S. The van der Waals surface area contributed by atoms with Crippen molar-refractivity contribution in [2.24, 2.45) is 5.92 Å². The van der Waals surface area contributed by atoms with Crippen LogP contribution >= 0.6 is 0 Å². The summed E-state index contributed by atoms with van der Waals surface area (Å²) in [5.74, 6) is -0.709. The topological polar surface area (TPSA) is 92.3 Å². The molecule has 2 amide bonds. The van der Waals surface area contributed by atoms with Gasteiger partial charge in [0.25, 0.3) is 0 Å². The van der Waals surface area contributed by atoms with Crippen molar-refractivity contribution in [3.05, 3.63) is 24.3 Å². The maximum absolute atomic E-state index is 11.9. The van der Waals surface area contributed by atoms with Crippen molar-refractivity contribution in [1.29, 1.82) is 0 Å². The highest BCUT2D eigenvalue weighted by molar-refractivity contribution is 7.91. The van der Waals surface area contributed by atoms with E-state index < -0.39 is 9.84 Å². The minimum atomic E-state index is -3.23. The van der Waals surface area contributed by atoms with Crippen LogP contribution in [0, 0.1) is 5.92 Å². The number of hydrogen-bond donors (Lipinski definition) is 2. The van der Waals surface area contributed by atoms with Gasteiger partial charge in [-0.3, -0.25) is 9.59 Å². The summed E-state index contributed by atoms with van der Waals surface area (Å²) in [4.78, 5) is 23.1. The van der Waals surface area contributed by atoms with E-state index >= 15 is 0 Å². The summed E-state index contributed by atoms with van der Waals surface area (Å²) < 4.78 is 23.3. The fourth-order valence-corrected chi connectivity index (χ4v) is 2.83. The molecule has 108 valence electrons. The SMILES string of the molecule is CCS(=O)(=O)c1ccc(NC(=O)C2CNC(=O)C2)cc1. The number of benzene rings is 1. The van der Waals surface area contributed by atoms with Gasteiger partial charge in [0.2, 0.25) is 11.8 Å². The van der Waals surface area contributed by atoms with Gasteiger partial charge in [0.1, 0.15) is 0 Å². The molecule has 0 aromatic heterocycles. The molecule has 2 N–H and O–H groups in total. The fraction of sp³-hybridized carbons (Fsp3) is 0.385. The number of anilines is 1. The van der Waals surface area contributed by atoms with E-state index in [1.165, 1.54) is 12.1 Å². The van der Waals surface area contributed by atoms with E-state index in [1.807, 2.05) is 0 Å². The summed E-state index contributed by atoms with van der Waals surface area (Å²) in [6, 6.07) is 6.02. The number of rotatable bonds is 4. The van der Waals surface area contributed by atoms with Crippen LogP contribution in [-0.4, -0.2) is 32.5 Å². The summed E-state index contributed by atoms with van der Waals surface area (Å²) in [6.07, 6.45) is 0.189. The number of carbonyl (C=O) groups excluding carboxylic acids is 2. The summed E-state index contributed by atoms with van der Waals surface area (Å²) in [6.45, 7) is 1.92. The third-order valence-corrected chi connectivity index (χ3v) is 4.96. The van der Waals surface area contributed by atoms with Gasteiger partial charge in [0.05, 0.1) is 16.6 Å². The normalized spacial score (nSPS) is 18.6. The first-order valence-electron chi connectivity index (χ1n) is 6.33. The minimum absolute atomic E-state index is 0.0363. The van der Waals surface area contributed by atoms with Gasteiger partial charge in [-0.05, 0) is 24.3 Å². The first-order valence-corrected chi connectivity index (χ1v) is 7.98. The lowest BCUT2D eigenvalue weighted by atomic mass is 10.1. The van der Waals surface area contributed by atoms with Crippen molar-refractivity contribution in [1.82, 2.24) is 5.32 Å². The molecule has 1 saturated heterocycles. The lowest BCUT2D eigenvalue weighted by Crippen LogP contribution is -2.24. The number of carbonyl (C=O) groups is 2. The van der Waals surface area contributed by atoms with Gasteiger partial charge < -0.3 is 10.6 Å². The predicted molar refractivity (Wildman–Crippen MR) is 73.9 cm³/mol. The molecule has 0 radical (unpaired) electrons. The molecule has 7 heteroatoms. The minimum Gasteiger partial charge on any atom is -0.355 e. The molecule has 0 aliphatic carbocycles. The van der Waals surface area contributed by atoms with Crippen molar-refractivity contribution in [2.45, 2.75) is 18.2 Å². The van der Waals surface area contributed by atoms with Gasteiger partial charge >= 0.3 is 0 Å². The Morgan fingerprint density at radius 3 is 2.50 bits per heavy atom.